The summed E-state index contributed by atoms with van der Waals surface area (Å²) < 4.78 is 28.2. The number of rotatable bonds is 8. The highest BCUT2D eigenvalue weighted by Gasteiger charge is 2.30. The summed E-state index contributed by atoms with van der Waals surface area (Å²) in [5.41, 5.74) is 0.152. The summed E-state index contributed by atoms with van der Waals surface area (Å²) in [7, 11) is 0.192. The van der Waals surface area contributed by atoms with Crippen LogP contribution in [-0.4, -0.2) is 46.5 Å². The van der Waals surface area contributed by atoms with Gasteiger partial charge in [0.1, 0.15) is 0 Å². The first-order valence-corrected chi connectivity index (χ1v) is 8.19. The maximum absolute atomic E-state index is 12.0. The molecule has 18 heavy (non-hydrogen) atoms. The van der Waals surface area contributed by atoms with Crippen molar-refractivity contribution in [1.29, 1.82) is 0 Å². The molecule has 1 aliphatic rings. The highest BCUT2D eigenvalue weighted by Crippen LogP contribution is 2.36. The summed E-state index contributed by atoms with van der Waals surface area (Å²) in [6, 6.07) is 0. The molecule has 0 amide bonds. The van der Waals surface area contributed by atoms with Gasteiger partial charge in [-0.05, 0) is 38.3 Å². The van der Waals surface area contributed by atoms with E-state index in [4.69, 9.17) is 0 Å². The van der Waals surface area contributed by atoms with Gasteiger partial charge < -0.3 is 5.32 Å². The zero-order chi connectivity index (χ0) is 13.6. The van der Waals surface area contributed by atoms with Gasteiger partial charge in [0.2, 0.25) is 0 Å². The van der Waals surface area contributed by atoms with Crippen LogP contribution in [0.1, 0.15) is 39.0 Å². The highest BCUT2D eigenvalue weighted by molar-refractivity contribution is 7.87. The predicted octanol–water partition coefficient (Wildman–Crippen LogP) is 0.942. The largest absolute Gasteiger partial charge is 0.320 e. The molecule has 0 aromatic rings. The standard InChI is InChI=1S/C12H27N3O2S/c1-12(7-4-5-8-12)11-14-18(16,17)15(3)10-6-9-13-2/h13-14H,4-11H2,1-3H3. The van der Waals surface area contributed by atoms with Gasteiger partial charge in [0.15, 0.2) is 0 Å². The van der Waals surface area contributed by atoms with Crippen LogP contribution in [0.25, 0.3) is 0 Å². The lowest BCUT2D eigenvalue weighted by Crippen LogP contribution is -2.43. The van der Waals surface area contributed by atoms with Gasteiger partial charge in [0, 0.05) is 20.1 Å². The normalized spacial score (nSPS) is 19.6. The third-order valence-electron chi connectivity index (χ3n) is 3.80. The molecule has 1 saturated carbocycles. The first kappa shape index (κ1) is 15.9. The summed E-state index contributed by atoms with van der Waals surface area (Å²) in [6.45, 7) is 4.11. The summed E-state index contributed by atoms with van der Waals surface area (Å²) in [5, 5.41) is 3.02. The number of hydrogen-bond donors (Lipinski definition) is 2. The summed E-state index contributed by atoms with van der Waals surface area (Å²) >= 11 is 0. The van der Waals surface area contributed by atoms with Crippen molar-refractivity contribution in [2.24, 2.45) is 5.41 Å². The first-order chi connectivity index (χ1) is 8.40. The van der Waals surface area contributed by atoms with E-state index in [0.717, 1.165) is 25.8 Å². The SMILES string of the molecule is CNCCCN(C)S(=O)(=O)NCC1(C)CCCC1. The number of nitrogens with one attached hydrogen (secondary N) is 2. The van der Waals surface area contributed by atoms with E-state index in [9.17, 15) is 8.42 Å². The van der Waals surface area contributed by atoms with Crippen molar-refractivity contribution in [3.8, 4) is 0 Å². The average Bonchev–Trinajstić information content (AvgIpc) is 2.75. The van der Waals surface area contributed by atoms with Crippen LogP contribution in [-0.2, 0) is 10.2 Å². The molecule has 0 saturated heterocycles. The maximum atomic E-state index is 12.0. The molecule has 0 aliphatic heterocycles. The zero-order valence-corrected chi connectivity index (χ0v) is 12.6. The van der Waals surface area contributed by atoms with Crippen LogP contribution in [0.15, 0.2) is 0 Å². The Morgan fingerprint density at radius 1 is 1.28 bits per heavy atom. The van der Waals surface area contributed by atoms with Gasteiger partial charge in [-0.15, -0.1) is 0 Å². The lowest BCUT2D eigenvalue weighted by molar-refractivity contribution is 0.330. The van der Waals surface area contributed by atoms with Gasteiger partial charge in [-0.2, -0.15) is 12.7 Å². The molecule has 1 fully saturated rings. The van der Waals surface area contributed by atoms with Gasteiger partial charge in [-0.1, -0.05) is 19.8 Å². The topological polar surface area (TPSA) is 61.4 Å². The molecule has 0 aromatic heterocycles. The van der Waals surface area contributed by atoms with Crippen molar-refractivity contribution in [1.82, 2.24) is 14.3 Å². The van der Waals surface area contributed by atoms with Gasteiger partial charge >= 0.3 is 0 Å². The van der Waals surface area contributed by atoms with Gasteiger partial charge in [0.05, 0.1) is 0 Å². The van der Waals surface area contributed by atoms with Crippen LogP contribution in [0.2, 0.25) is 0 Å². The smallest absolute Gasteiger partial charge is 0.279 e. The molecule has 0 atom stereocenters. The van der Waals surface area contributed by atoms with E-state index in [1.54, 1.807) is 7.05 Å². The van der Waals surface area contributed by atoms with E-state index < -0.39 is 10.2 Å². The van der Waals surface area contributed by atoms with E-state index >= 15 is 0 Å². The third-order valence-corrected chi connectivity index (χ3v) is 5.31. The van der Waals surface area contributed by atoms with E-state index in [2.05, 4.69) is 17.0 Å². The van der Waals surface area contributed by atoms with Crippen LogP contribution in [0.4, 0.5) is 0 Å². The lowest BCUT2D eigenvalue weighted by Gasteiger charge is -2.25. The molecule has 5 nitrogen and oxygen atoms in total. The van der Waals surface area contributed by atoms with Gasteiger partial charge in [0.25, 0.3) is 10.2 Å². The lowest BCUT2D eigenvalue weighted by atomic mass is 9.89. The fraction of sp³-hybridized carbons (Fsp3) is 1.00. The second-order valence-corrected chi connectivity index (χ2v) is 7.48. The Kier molecular flexibility index (Phi) is 6.04. The molecule has 0 spiro atoms. The van der Waals surface area contributed by atoms with Crippen LogP contribution in [0, 0.1) is 5.41 Å². The third kappa shape index (κ3) is 4.84. The summed E-state index contributed by atoms with van der Waals surface area (Å²) in [6.07, 6.45) is 5.51. The van der Waals surface area contributed by atoms with Crippen molar-refractivity contribution in [3.63, 3.8) is 0 Å². The maximum Gasteiger partial charge on any atom is 0.279 e. The second-order valence-electron chi connectivity index (χ2n) is 5.62. The van der Waals surface area contributed by atoms with E-state index in [-0.39, 0.29) is 5.41 Å². The molecule has 0 heterocycles. The molecule has 108 valence electrons. The molecular formula is C12H27N3O2S. The molecule has 1 aliphatic carbocycles. The van der Waals surface area contributed by atoms with E-state index in [1.807, 2.05) is 7.05 Å². The van der Waals surface area contributed by atoms with Gasteiger partial charge in [-0.25, -0.2) is 4.72 Å². The summed E-state index contributed by atoms with van der Waals surface area (Å²) in [5.74, 6) is 0. The van der Waals surface area contributed by atoms with Crippen LogP contribution < -0.4 is 10.0 Å². The fourth-order valence-corrected chi connectivity index (χ4v) is 3.50. The Labute approximate surface area is 112 Å². The van der Waals surface area contributed by atoms with E-state index in [1.165, 1.54) is 17.1 Å². The minimum Gasteiger partial charge on any atom is -0.320 e. The minimum atomic E-state index is -3.31. The van der Waals surface area contributed by atoms with Crippen molar-refractivity contribution in [2.75, 3.05) is 33.7 Å². The molecular weight excluding hydrogens is 250 g/mol. The van der Waals surface area contributed by atoms with Gasteiger partial charge in [-0.3, -0.25) is 0 Å². The average molecular weight is 277 g/mol. The van der Waals surface area contributed by atoms with Crippen LogP contribution in [0.5, 0.6) is 0 Å². The molecule has 0 bridgehead atoms. The van der Waals surface area contributed by atoms with Crippen molar-refractivity contribution in [3.05, 3.63) is 0 Å². The summed E-state index contributed by atoms with van der Waals surface area (Å²) in [4.78, 5) is 0. The monoisotopic (exact) mass is 277 g/mol. The predicted molar refractivity (Wildman–Crippen MR) is 74.7 cm³/mol. The molecule has 1 rings (SSSR count). The van der Waals surface area contributed by atoms with Crippen LogP contribution >= 0.6 is 0 Å². The van der Waals surface area contributed by atoms with Crippen molar-refractivity contribution in [2.45, 2.75) is 39.0 Å². The number of nitrogens with zero attached hydrogens (tertiary/aromatic N) is 1. The Balaban J connectivity index is 2.38. The Bertz CT molecular complexity index is 337. The molecule has 0 radical (unpaired) electrons. The quantitative estimate of drug-likeness (QED) is 0.649. The fourth-order valence-electron chi connectivity index (χ4n) is 2.38. The molecule has 0 unspecified atom stereocenters. The molecule has 2 N–H and O–H groups in total. The van der Waals surface area contributed by atoms with Crippen LogP contribution in [0.3, 0.4) is 0 Å². The second kappa shape index (κ2) is 6.84. The zero-order valence-electron chi connectivity index (χ0n) is 11.8. The minimum absolute atomic E-state index is 0.152. The Morgan fingerprint density at radius 3 is 2.44 bits per heavy atom. The number of hydrogen-bond acceptors (Lipinski definition) is 3. The molecule has 6 heteroatoms. The highest BCUT2D eigenvalue weighted by atomic mass is 32.2. The Hall–Kier alpha value is -0.170. The Morgan fingerprint density at radius 2 is 1.89 bits per heavy atom. The van der Waals surface area contributed by atoms with E-state index in [0.29, 0.717) is 13.1 Å². The van der Waals surface area contributed by atoms with Crippen molar-refractivity contribution < 1.29 is 8.42 Å². The first-order valence-electron chi connectivity index (χ1n) is 6.75. The molecule has 0 aromatic carbocycles. The van der Waals surface area contributed by atoms with Crippen molar-refractivity contribution >= 4 is 10.2 Å².